The van der Waals surface area contributed by atoms with Gasteiger partial charge in [0.25, 0.3) is 0 Å². The summed E-state index contributed by atoms with van der Waals surface area (Å²) in [4.78, 5) is 25.2. The standard InChI is InChI=1S/C15H18FNO3/c1-17(10-7-13(18)20-2)14(19)15(8-9-15)11-3-5-12(16)6-4-11/h3-6H,7-10H2,1-2H3. The van der Waals surface area contributed by atoms with Crippen LogP contribution in [0, 0.1) is 5.82 Å². The molecule has 0 bridgehead atoms. The van der Waals surface area contributed by atoms with E-state index in [1.165, 1.54) is 19.2 Å². The lowest BCUT2D eigenvalue weighted by atomic mass is 9.94. The highest BCUT2D eigenvalue weighted by molar-refractivity contribution is 5.91. The SMILES string of the molecule is COC(=O)CCN(C)C(=O)C1(c2ccc(F)cc2)CC1. The van der Waals surface area contributed by atoms with Crippen LogP contribution in [0.25, 0.3) is 0 Å². The van der Waals surface area contributed by atoms with Gasteiger partial charge >= 0.3 is 5.97 Å². The Kier molecular flexibility index (Phi) is 4.06. The molecule has 1 saturated carbocycles. The molecular weight excluding hydrogens is 261 g/mol. The molecule has 1 aliphatic rings. The molecule has 4 nitrogen and oxygen atoms in total. The summed E-state index contributed by atoms with van der Waals surface area (Å²) in [7, 11) is 3.00. The van der Waals surface area contributed by atoms with Crippen molar-refractivity contribution in [1.29, 1.82) is 0 Å². The first-order valence-corrected chi connectivity index (χ1v) is 6.58. The summed E-state index contributed by atoms with van der Waals surface area (Å²) in [5.74, 6) is -0.666. The second kappa shape index (κ2) is 5.61. The molecule has 0 heterocycles. The lowest BCUT2D eigenvalue weighted by Gasteiger charge is -2.23. The number of carbonyl (C=O) groups excluding carboxylic acids is 2. The predicted octanol–water partition coefficient (Wildman–Crippen LogP) is 1.88. The monoisotopic (exact) mass is 279 g/mol. The van der Waals surface area contributed by atoms with E-state index in [-0.39, 0.29) is 24.1 Å². The van der Waals surface area contributed by atoms with Gasteiger partial charge in [-0.2, -0.15) is 0 Å². The number of ether oxygens (including phenoxy) is 1. The average Bonchev–Trinajstić information content (AvgIpc) is 3.25. The maximum absolute atomic E-state index is 13.0. The predicted molar refractivity (Wildman–Crippen MR) is 71.6 cm³/mol. The van der Waals surface area contributed by atoms with Gasteiger partial charge in [0.1, 0.15) is 5.82 Å². The number of amides is 1. The molecule has 0 unspecified atom stereocenters. The van der Waals surface area contributed by atoms with Gasteiger partial charge in [-0.1, -0.05) is 12.1 Å². The van der Waals surface area contributed by atoms with Gasteiger partial charge < -0.3 is 9.64 Å². The van der Waals surface area contributed by atoms with E-state index in [9.17, 15) is 14.0 Å². The van der Waals surface area contributed by atoms with Crippen LogP contribution in [-0.4, -0.2) is 37.5 Å². The zero-order chi connectivity index (χ0) is 14.8. The number of methoxy groups -OCH3 is 1. The lowest BCUT2D eigenvalue weighted by Crippen LogP contribution is -2.37. The first kappa shape index (κ1) is 14.5. The number of carbonyl (C=O) groups is 2. The molecule has 5 heteroatoms. The van der Waals surface area contributed by atoms with Crippen LogP contribution in [0.3, 0.4) is 0 Å². The summed E-state index contributed by atoms with van der Waals surface area (Å²) in [6, 6.07) is 6.07. The maximum atomic E-state index is 13.0. The molecule has 1 aromatic carbocycles. The number of hydrogen-bond acceptors (Lipinski definition) is 3. The highest BCUT2D eigenvalue weighted by Crippen LogP contribution is 2.49. The number of benzene rings is 1. The molecule has 0 aromatic heterocycles. The third-order valence-corrected chi connectivity index (χ3v) is 3.78. The van der Waals surface area contributed by atoms with E-state index >= 15 is 0 Å². The van der Waals surface area contributed by atoms with Crippen LogP contribution in [0.1, 0.15) is 24.8 Å². The van der Waals surface area contributed by atoms with E-state index in [1.807, 2.05) is 0 Å². The Bertz CT molecular complexity index is 508. The third-order valence-electron chi connectivity index (χ3n) is 3.78. The molecule has 1 aliphatic carbocycles. The van der Waals surface area contributed by atoms with Gasteiger partial charge in [-0.25, -0.2) is 4.39 Å². The third kappa shape index (κ3) is 2.81. The van der Waals surface area contributed by atoms with Crippen LogP contribution in [0.5, 0.6) is 0 Å². The average molecular weight is 279 g/mol. The Balaban J connectivity index is 2.04. The van der Waals surface area contributed by atoms with Crippen molar-refractivity contribution in [2.24, 2.45) is 0 Å². The van der Waals surface area contributed by atoms with Crippen molar-refractivity contribution in [3.05, 3.63) is 35.6 Å². The Morgan fingerprint density at radius 2 is 1.90 bits per heavy atom. The summed E-state index contributed by atoms with van der Waals surface area (Å²) < 4.78 is 17.5. The minimum atomic E-state index is -0.529. The second-order valence-corrected chi connectivity index (χ2v) is 5.14. The number of nitrogens with zero attached hydrogens (tertiary/aromatic N) is 1. The molecule has 1 amide bonds. The molecule has 0 N–H and O–H groups in total. The molecular formula is C15H18FNO3. The Morgan fingerprint density at radius 1 is 1.30 bits per heavy atom. The largest absolute Gasteiger partial charge is 0.469 e. The molecule has 0 radical (unpaired) electrons. The van der Waals surface area contributed by atoms with Gasteiger partial charge in [0, 0.05) is 13.6 Å². The Morgan fingerprint density at radius 3 is 2.40 bits per heavy atom. The van der Waals surface area contributed by atoms with Gasteiger partial charge in [0.15, 0.2) is 0 Å². The van der Waals surface area contributed by atoms with Gasteiger partial charge in [-0.05, 0) is 30.5 Å². The first-order chi connectivity index (χ1) is 9.49. The minimum absolute atomic E-state index is 0.0204. The summed E-state index contributed by atoms with van der Waals surface area (Å²) in [5, 5.41) is 0. The molecule has 20 heavy (non-hydrogen) atoms. The van der Waals surface area contributed by atoms with E-state index < -0.39 is 5.41 Å². The van der Waals surface area contributed by atoms with E-state index in [2.05, 4.69) is 4.74 Å². The molecule has 0 spiro atoms. The number of esters is 1. The number of hydrogen-bond donors (Lipinski definition) is 0. The highest BCUT2D eigenvalue weighted by Gasteiger charge is 2.52. The fraction of sp³-hybridized carbons (Fsp3) is 0.467. The zero-order valence-electron chi connectivity index (χ0n) is 11.7. The molecule has 0 atom stereocenters. The second-order valence-electron chi connectivity index (χ2n) is 5.14. The normalized spacial score (nSPS) is 15.6. The van der Waals surface area contributed by atoms with E-state index in [0.717, 1.165) is 18.4 Å². The van der Waals surface area contributed by atoms with E-state index in [4.69, 9.17) is 0 Å². The molecule has 108 valence electrons. The molecule has 1 aromatic rings. The van der Waals surface area contributed by atoms with Crippen molar-refractivity contribution in [3.8, 4) is 0 Å². The lowest BCUT2D eigenvalue weighted by molar-refractivity contribution is -0.141. The van der Waals surface area contributed by atoms with Crippen LogP contribution in [0.4, 0.5) is 4.39 Å². The minimum Gasteiger partial charge on any atom is -0.469 e. The Labute approximate surface area is 117 Å². The van der Waals surface area contributed by atoms with Gasteiger partial charge in [0.2, 0.25) is 5.91 Å². The van der Waals surface area contributed by atoms with Gasteiger partial charge in [0.05, 0.1) is 18.9 Å². The topological polar surface area (TPSA) is 46.6 Å². The number of halogens is 1. The summed E-state index contributed by atoms with van der Waals surface area (Å²) >= 11 is 0. The number of rotatable bonds is 5. The fourth-order valence-corrected chi connectivity index (χ4v) is 2.35. The summed E-state index contributed by atoms with van der Waals surface area (Å²) in [5.41, 5.74) is 0.312. The molecule has 1 fully saturated rings. The van der Waals surface area contributed by atoms with Crippen molar-refractivity contribution in [3.63, 3.8) is 0 Å². The van der Waals surface area contributed by atoms with Crippen molar-refractivity contribution in [2.45, 2.75) is 24.7 Å². The zero-order valence-corrected chi connectivity index (χ0v) is 11.7. The van der Waals surface area contributed by atoms with Crippen LogP contribution >= 0.6 is 0 Å². The van der Waals surface area contributed by atoms with Crippen molar-refractivity contribution in [1.82, 2.24) is 4.90 Å². The number of likely N-dealkylation sites (N-methyl/N-ethyl adjacent to an activating group) is 1. The summed E-state index contributed by atoms with van der Waals surface area (Å²) in [6.45, 7) is 0.328. The van der Waals surface area contributed by atoms with Gasteiger partial charge in [-0.3, -0.25) is 9.59 Å². The van der Waals surface area contributed by atoms with Crippen LogP contribution in [-0.2, 0) is 19.7 Å². The smallest absolute Gasteiger partial charge is 0.307 e. The van der Waals surface area contributed by atoms with Crippen molar-refractivity contribution < 1.29 is 18.7 Å². The van der Waals surface area contributed by atoms with Crippen LogP contribution < -0.4 is 0 Å². The molecule has 2 rings (SSSR count). The van der Waals surface area contributed by atoms with Crippen molar-refractivity contribution in [2.75, 3.05) is 20.7 Å². The first-order valence-electron chi connectivity index (χ1n) is 6.58. The van der Waals surface area contributed by atoms with E-state index in [0.29, 0.717) is 6.54 Å². The van der Waals surface area contributed by atoms with E-state index in [1.54, 1.807) is 24.1 Å². The quantitative estimate of drug-likeness (QED) is 0.773. The van der Waals surface area contributed by atoms with Crippen LogP contribution in [0.15, 0.2) is 24.3 Å². The fourth-order valence-electron chi connectivity index (χ4n) is 2.35. The summed E-state index contributed by atoms with van der Waals surface area (Å²) in [6.07, 6.45) is 1.71. The van der Waals surface area contributed by atoms with Crippen molar-refractivity contribution >= 4 is 11.9 Å². The van der Waals surface area contributed by atoms with Crippen LogP contribution in [0.2, 0.25) is 0 Å². The highest BCUT2D eigenvalue weighted by atomic mass is 19.1. The Hall–Kier alpha value is -1.91. The molecule has 0 aliphatic heterocycles. The van der Waals surface area contributed by atoms with Gasteiger partial charge in [-0.15, -0.1) is 0 Å². The molecule has 0 saturated heterocycles. The maximum Gasteiger partial charge on any atom is 0.307 e.